The molecule has 1 aromatic rings. The number of amides is 1. The normalized spacial score (nSPS) is 20.1. The Kier molecular flexibility index (Phi) is 3.94. The number of thioether (sulfide) groups is 1. The quantitative estimate of drug-likeness (QED) is 0.811. The highest BCUT2D eigenvalue weighted by molar-refractivity contribution is 7.99. The molecule has 1 aliphatic heterocycles. The highest BCUT2D eigenvalue weighted by atomic mass is 32.2. The van der Waals surface area contributed by atoms with Gasteiger partial charge >= 0.3 is 0 Å². The molecule has 18 heavy (non-hydrogen) atoms. The van der Waals surface area contributed by atoms with Gasteiger partial charge in [-0.25, -0.2) is 0 Å². The van der Waals surface area contributed by atoms with Crippen LogP contribution in [0.1, 0.15) is 24.9 Å². The SMILES string of the molecule is CC(CCO)Sc1ccc2c(c1)N(C)C(=O)C2N. The number of aliphatic hydroxyl groups is 1. The number of carbonyl (C=O) groups excluding carboxylic acids is 1. The summed E-state index contributed by atoms with van der Waals surface area (Å²) in [6, 6.07) is 5.39. The number of fused-ring (bicyclic) bond motifs is 1. The summed E-state index contributed by atoms with van der Waals surface area (Å²) in [6.07, 6.45) is 0.760. The summed E-state index contributed by atoms with van der Waals surface area (Å²) in [4.78, 5) is 14.5. The number of nitrogens with zero attached hydrogens (tertiary/aromatic N) is 1. The van der Waals surface area contributed by atoms with E-state index in [2.05, 4.69) is 6.92 Å². The number of hydrogen-bond donors (Lipinski definition) is 2. The molecule has 0 bridgehead atoms. The van der Waals surface area contributed by atoms with Crippen molar-refractivity contribution in [2.24, 2.45) is 5.73 Å². The summed E-state index contributed by atoms with van der Waals surface area (Å²) in [5, 5.41) is 9.25. The molecule has 1 heterocycles. The van der Waals surface area contributed by atoms with Crippen molar-refractivity contribution in [2.75, 3.05) is 18.6 Å². The van der Waals surface area contributed by atoms with Gasteiger partial charge in [0.15, 0.2) is 0 Å². The van der Waals surface area contributed by atoms with Gasteiger partial charge in [-0.1, -0.05) is 13.0 Å². The summed E-state index contributed by atoms with van der Waals surface area (Å²) in [5.41, 5.74) is 7.64. The van der Waals surface area contributed by atoms with Crippen LogP contribution in [0.5, 0.6) is 0 Å². The predicted octanol–water partition coefficient (Wildman–Crippen LogP) is 1.53. The summed E-state index contributed by atoms with van der Waals surface area (Å²) in [7, 11) is 1.75. The third kappa shape index (κ3) is 2.39. The molecule has 0 aromatic heterocycles. The van der Waals surface area contributed by atoms with E-state index >= 15 is 0 Å². The zero-order valence-corrected chi connectivity index (χ0v) is 11.4. The lowest BCUT2D eigenvalue weighted by Crippen LogP contribution is -2.27. The topological polar surface area (TPSA) is 66.6 Å². The van der Waals surface area contributed by atoms with Gasteiger partial charge in [-0.15, -0.1) is 11.8 Å². The van der Waals surface area contributed by atoms with E-state index in [0.717, 1.165) is 22.6 Å². The molecular weight excluding hydrogens is 248 g/mol. The standard InChI is InChI=1S/C13H18N2O2S/c1-8(5-6-16)18-9-3-4-10-11(7-9)15(2)13(17)12(10)14/h3-4,7-8,12,16H,5-6,14H2,1-2H3. The van der Waals surface area contributed by atoms with E-state index in [1.54, 1.807) is 23.7 Å². The van der Waals surface area contributed by atoms with Gasteiger partial charge in [-0.2, -0.15) is 0 Å². The van der Waals surface area contributed by atoms with Gasteiger partial charge in [0, 0.05) is 35.1 Å². The first-order valence-electron chi connectivity index (χ1n) is 5.99. The summed E-state index contributed by atoms with van der Waals surface area (Å²) in [6.45, 7) is 2.27. The summed E-state index contributed by atoms with van der Waals surface area (Å²) >= 11 is 1.70. The van der Waals surface area contributed by atoms with Crippen molar-refractivity contribution in [1.29, 1.82) is 0 Å². The molecule has 0 aliphatic carbocycles. The van der Waals surface area contributed by atoms with Crippen LogP contribution in [0.2, 0.25) is 0 Å². The molecule has 0 saturated heterocycles. The van der Waals surface area contributed by atoms with Crippen molar-refractivity contribution < 1.29 is 9.90 Å². The second-order valence-electron chi connectivity index (χ2n) is 4.54. The van der Waals surface area contributed by atoms with Gasteiger partial charge in [-0.3, -0.25) is 4.79 Å². The number of hydrogen-bond acceptors (Lipinski definition) is 4. The van der Waals surface area contributed by atoms with E-state index < -0.39 is 6.04 Å². The fraction of sp³-hybridized carbons (Fsp3) is 0.462. The molecule has 0 spiro atoms. The largest absolute Gasteiger partial charge is 0.396 e. The second-order valence-corrected chi connectivity index (χ2v) is 6.05. The summed E-state index contributed by atoms with van der Waals surface area (Å²) < 4.78 is 0. The van der Waals surface area contributed by atoms with Crippen LogP contribution in [0.4, 0.5) is 5.69 Å². The number of likely N-dealkylation sites (N-methyl/N-ethyl adjacent to an activating group) is 1. The van der Waals surface area contributed by atoms with E-state index in [1.165, 1.54) is 0 Å². The number of benzene rings is 1. The van der Waals surface area contributed by atoms with Crippen LogP contribution in [0.3, 0.4) is 0 Å². The van der Waals surface area contributed by atoms with Crippen LogP contribution in [-0.4, -0.2) is 29.9 Å². The van der Waals surface area contributed by atoms with E-state index in [9.17, 15) is 4.79 Å². The first-order valence-corrected chi connectivity index (χ1v) is 6.87. The fourth-order valence-corrected chi connectivity index (χ4v) is 3.10. The Hall–Kier alpha value is -1.04. The molecule has 98 valence electrons. The molecule has 1 amide bonds. The minimum atomic E-state index is -0.529. The van der Waals surface area contributed by atoms with Crippen LogP contribution >= 0.6 is 11.8 Å². The maximum absolute atomic E-state index is 11.8. The van der Waals surface area contributed by atoms with E-state index in [-0.39, 0.29) is 12.5 Å². The Morgan fingerprint density at radius 3 is 2.94 bits per heavy atom. The highest BCUT2D eigenvalue weighted by Crippen LogP contribution is 2.37. The minimum Gasteiger partial charge on any atom is -0.396 e. The van der Waals surface area contributed by atoms with Crippen LogP contribution < -0.4 is 10.6 Å². The molecule has 4 nitrogen and oxygen atoms in total. The molecule has 0 radical (unpaired) electrons. The lowest BCUT2D eigenvalue weighted by atomic mass is 10.1. The highest BCUT2D eigenvalue weighted by Gasteiger charge is 2.32. The number of aliphatic hydroxyl groups excluding tert-OH is 1. The van der Waals surface area contributed by atoms with Crippen LogP contribution in [0, 0.1) is 0 Å². The van der Waals surface area contributed by atoms with E-state index in [1.807, 2.05) is 18.2 Å². The van der Waals surface area contributed by atoms with Crippen molar-refractivity contribution >= 4 is 23.4 Å². The van der Waals surface area contributed by atoms with Crippen molar-refractivity contribution in [3.63, 3.8) is 0 Å². The number of nitrogens with two attached hydrogens (primary N) is 1. The molecule has 2 unspecified atom stereocenters. The number of rotatable bonds is 4. The lowest BCUT2D eigenvalue weighted by molar-refractivity contribution is -0.118. The fourth-order valence-electron chi connectivity index (χ4n) is 2.08. The average molecular weight is 266 g/mol. The van der Waals surface area contributed by atoms with E-state index in [0.29, 0.717) is 5.25 Å². The molecule has 2 atom stereocenters. The molecule has 2 rings (SSSR count). The first-order chi connectivity index (χ1) is 8.54. The number of carbonyl (C=O) groups is 1. The van der Waals surface area contributed by atoms with Gasteiger partial charge in [-0.05, 0) is 18.6 Å². The maximum Gasteiger partial charge on any atom is 0.248 e. The molecule has 1 aliphatic rings. The zero-order valence-electron chi connectivity index (χ0n) is 10.6. The Labute approximate surface area is 111 Å². The first kappa shape index (κ1) is 13.4. The Balaban J connectivity index is 2.21. The smallest absolute Gasteiger partial charge is 0.248 e. The van der Waals surface area contributed by atoms with Crippen molar-refractivity contribution in [1.82, 2.24) is 0 Å². The van der Waals surface area contributed by atoms with E-state index in [4.69, 9.17) is 10.8 Å². The number of anilines is 1. The zero-order chi connectivity index (χ0) is 13.3. The maximum atomic E-state index is 11.8. The minimum absolute atomic E-state index is 0.0597. The third-order valence-electron chi connectivity index (χ3n) is 3.17. The lowest BCUT2D eigenvalue weighted by Gasteiger charge is -2.13. The average Bonchev–Trinajstić information content (AvgIpc) is 2.55. The van der Waals surface area contributed by atoms with Gasteiger partial charge < -0.3 is 15.7 Å². The predicted molar refractivity (Wildman–Crippen MR) is 73.8 cm³/mol. The Bertz CT molecular complexity index is 464. The van der Waals surface area contributed by atoms with Gasteiger partial charge in [0.1, 0.15) is 6.04 Å². The van der Waals surface area contributed by atoms with Crippen LogP contribution in [0.25, 0.3) is 0 Å². The second kappa shape index (κ2) is 5.30. The van der Waals surface area contributed by atoms with Gasteiger partial charge in [0.25, 0.3) is 0 Å². The van der Waals surface area contributed by atoms with Crippen molar-refractivity contribution in [2.45, 2.75) is 29.5 Å². The molecule has 0 saturated carbocycles. The Morgan fingerprint density at radius 1 is 1.56 bits per heavy atom. The van der Waals surface area contributed by atoms with Crippen molar-refractivity contribution in [3.05, 3.63) is 23.8 Å². The Morgan fingerprint density at radius 2 is 2.28 bits per heavy atom. The molecule has 0 fully saturated rings. The van der Waals surface area contributed by atoms with Gasteiger partial charge in [0.2, 0.25) is 5.91 Å². The van der Waals surface area contributed by atoms with Crippen molar-refractivity contribution in [3.8, 4) is 0 Å². The molecule has 1 aromatic carbocycles. The molecule has 3 N–H and O–H groups in total. The molecule has 5 heteroatoms. The van der Waals surface area contributed by atoms with Gasteiger partial charge in [0.05, 0.1) is 0 Å². The summed E-state index contributed by atoms with van der Waals surface area (Å²) in [5.74, 6) is -0.0597. The van der Waals surface area contributed by atoms with Crippen LogP contribution in [-0.2, 0) is 4.79 Å². The van der Waals surface area contributed by atoms with Crippen LogP contribution in [0.15, 0.2) is 23.1 Å². The molecular formula is C13H18N2O2S. The monoisotopic (exact) mass is 266 g/mol. The third-order valence-corrected chi connectivity index (χ3v) is 4.33.